The highest BCUT2D eigenvalue weighted by atomic mass is 32.2. The van der Waals surface area contributed by atoms with Gasteiger partial charge in [-0.3, -0.25) is 10.1 Å². The summed E-state index contributed by atoms with van der Waals surface area (Å²) in [5.41, 5.74) is 0. The molecule has 2 rings (SSSR count). The maximum Gasteiger partial charge on any atom is 0.240 e. The second-order valence-corrected chi connectivity index (χ2v) is 4.56. The molecule has 0 radical (unpaired) electrons. The number of carbonyl (C=O) groups excluding carboxylic acids is 1. The molecular formula is C8H14N2OS. The van der Waals surface area contributed by atoms with Crippen molar-refractivity contribution in [2.75, 3.05) is 18.2 Å². The minimum atomic E-state index is 0.0376. The Balaban J connectivity index is 1.99. The molecule has 0 aromatic carbocycles. The Morgan fingerprint density at radius 3 is 3.00 bits per heavy atom. The molecule has 1 amide bonds. The Bertz CT molecular complexity index is 191. The molecule has 0 aromatic rings. The van der Waals surface area contributed by atoms with Crippen molar-refractivity contribution in [3.8, 4) is 0 Å². The first-order chi connectivity index (χ1) is 5.79. The highest BCUT2D eigenvalue weighted by Crippen LogP contribution is 2.23. The van der Waals surface area contributed by atoms with Crippen LogP contribution in [0.1, 0.15) is 13.3 Å². The van der Waals surface area contributed by atoms with Gasteiger partial charge in [0.15, 0.2) is 0 Å². The molecule has 68 valence electrons. The molecule has 1 N–H and O–H groups in total. The van der Waals surface area contributed by atoms with Crippen molar-refractivity contribution in [1.82, 2.24) is 10.2 Å². The van der Waals surface area contributed by atoms with Crippen LogP contribution in [0.15, 0.2) is 0 Å². The summed E-state index contributed by atoms with van der Waals surface area (Å²) in [7, 11) is 0. The lowest BCUT2D eigenvalue weighted by molar-refractivity contribution is -0.130. The number of hydrogen-bond acceptors (Lipinski definition) is 3. The Labute approximate surface area is 76.9 Å². The van der Waals surface area contributed by atoms with Crippen LogP contribution >= 0.6 is 11.8 Å². The third-order valence-electron chi connectivity index (χ3n) is 2.57. The van der Waals surface area contributed by atoms with Gasteiger partial charge in [-0.25, -0.2) is 0 Å². The molecule has 4 heteroatoms. The number of thioether (sulfide) groups is 1. The summed E-state index contributed by atoms with van der Waals surface area (Å²) in [6, 6.07) is 0.538. The van der Waals surface area contributed by atoms with Crippen molar-refractivity contribution in [2.45, 2.75) is 25.4 Å². The summed E-state index contributed by atoms with van der Waals surface area (Å²) in [5.74, 6) is 2.62. The number of rotatable bonds is 1. The predicted molar refractivity (Wildman–Crippen MR) is 50.0 cm³/mol. The van der Waals surface area contributed by atoms with Gasteiger partial charge in [-0.05, 0) is 19.1 Å². The second kappa shape index (κ2) is 3.26. The summed E-state index contributed by atoms with van der Waals surface area (Å²) in [6.45, 7) is 2.69. The third-order valence-corrected chi connectivity index (χ3v) is 3.71. The van der Waals surface area contributed by atoms with E-state index in [-0.39, 0.29) is 11.9 Å². The first-order valence-electron chi connectivity index (χ1n) is 4.40. The van der Waals surface area contributed by atoms with Crippen LogP contribution in [0.25, 0.3) is 0 Å². The fourth-order valence-electron chi connectivity index (χ4n) is 1.73. The first-order valence-corrected chi connectivity index (χ1v) is 5.56. The number of nitrogens with one attached hydrogen (secondary N) is 1. The van der Waals surface area contributed by atoms with E-state index in [0.717, 1.165) is 12.4 Å². The molecule has 0 spiro atoms. The molecule has 2 aliphatic heterocycles. The normalized spacial score (nSPS) is 36.4. The Morgan fingerprint density at radius 1 is 1.67 bits per heavy atom. The van der Waals surface area contributed by atoms with Crippen molar-refractivity contribution in [3.63, 3.8) is 0 Å². The van der Waals surface area contributed by atoms with Crippen LogP contribution in [0.4, 0.5) is 0 Å². The van der Waals surface area contributed by atoms with Gasteiger partial charge in [-0.1, -0.05) is 0 Å². The fraction of sp³-hybridized carbons (Fsp3) is 0.875. The largest absolute Gasteiger partial charge is 0.325 e. The van der Waals surface area contributed by atoms with Crippen LogP contribution in [0.3, 0.4) is 0 Å². The minimum absolute atomic E-state index is 0.0376. The number of hydrogen-bond donors (Lipinski definition) is 1. The Morgan fingerprint density at radius 2 is 2.50 bits per heavy atom. The van der Waals surface area contributed by atoms with Gasteiger partial charge >= 0.3 is 0 Å². The summed E-state index contributed by atoms with van der Waals surface area (Å²) in [4.78, 5) is 13.5. The zero-order valence-electron chi connectivity index (χ0n) is 7.25. The zero-order chi connectivity index (χ0) is 8.55. The van der Waals surface area contributed by atoms with E-state index >= 15 is 0 Å². The molecule has 2 aliphatic rings. The average molecular weight is 186 g/mol. The van der Waals surface area contributed by atoms with E-state index in [1.165, 1.54) is 12.2 Å². The first kappa shape index (κ1) is 8.38. The van der Waals surface area contributed by atoms with Crippen LogP contribution in [-0.2, 0) is 4.79 Å². The molecule has 2 atom stereocenters. The maximum atomic E-state index is 11.5. The fourth-order valence-corrected chi connectivity index (χ4v) is 2.95. The lowest BCUT2D eigenvalue weighted by Gasteiger charge is -2.21. The van der Waals surface area contributed by atoms with Gasteiger partial charge in [-0.2, -0.15) is 11.8 Å². The highest BCUT2D eigenvalue weighted by molar-refractivity contribution is 7.99. The van der Waals surface area contributed by atoms with E-state index in [0.29, 0.717) is 6.04 Å². The average Bonchev–Trinajstić information content (AvgIpc) is 2.64. The van der Waals surface area contributed by atoms with Gasteiger partial charge in [0, 0.05) is 11.8 Å². The van der Waals surface area contributed by atoms with Crippen molar-refractivity contribution < 1.29 is 4.79 Å². The van der Waals surface area contributed by atoms with Crippen molar-refractivity contribution in [3.05, 3.63) is 0 Å². The van der Waals surface area contributed by atoms with E-state index in [4.69, 9.17) is 0 Å². The van der Waals surface area contributed by atoms with Crippen LogP contribution in [0, 0.1) is 0 Å². The van der Waals surface area contributed by atoms with E-state index in [2.05, 4.69) is 5.32 Å². The van der Waals surface area contributed by atoms with Crippen molar-refractivity contribution >= 4 is 17.7 Å². The summed E-state index contributed by atoms with van der Waals surface area (Å²) in [6.07, 6.45) is 1.17. The van der Waals surface area contributed by atoms with Gasteiger partial charge in [-0.15, -0.1) is 0 Å². The van der Waals surface area contributed by atoms with E-state index < -0.39 is 0 Å². The van der Waals surface area contributed by atoms with Crippen LogP contribution in [0.5, 0.6) is 0 Å². The van der Waals surface area contributed by atoms with E-state index in [9.17, 15) is 4.79 Å². The maximum absolute atomic E-state index is 11.5. The topological polar surface area (TPSA) is 32.3 Å². The molecule has 3 nitrogen and oxygen atoms in total. The second-order valence-electron chi connectivity index (χ2n) is 3.41. The molecule has 2 saturated heterocycles. The summed E-state index contributed by atoms with van der Waals surface area (Å²) < 4.78 is 0. The molecule has 2 unspecified atom stereocenters. The highest BCUT2D eigenvalue weighted by Gasteiger charge is 2.34. The summed E-state index contributed by atoms with van der Waals surface area (Å²) in [5, 5.41) is 3.16. The Hall–Kier alpha value is -0.220. The van der Waals surface area contributed by atoms with Crippen molar-refractivity contribution in [1.29, 1.82) is 0 Å². The molecule has 2 fully saturated rings. The molecule has 0 saturated carbocycles. The van der Waals surface area contributed by atoms with Crippen LogP contribution in [-0.4, -0.2) is 41.1 Å². The standard InChI is InChI=1S/C8H14N2OS/c1-6-8(11)10(5-9-6)7-2-3-12-4-7/h6-7,9H,2-5H2,1H3. The lowest BCUT2D eigenvalue weighted by Crippen LogP contribution is -2.38. The smallest absolute Gasteiger partial charge is 0.240 e. The molecule has 0 aromatic heterocycles. The minimum Gasteiger partial charge on any atom is -0.325 e. The molecule has 0 aliphatic carbocycles. The van der Waals surface area contributed by atoms with Crippen LogP contribution in [0.2, 0.25) is 0 Å². The van der Waals surface area contributed by atoms with Gasteiger partial charge in [0.05, 0.1) is 12.7 Å². The van der Waals surface area contributed by atoms with E-state index in [1.807, 2.05) is 23.6 Å². The van der Waals surface area contributed by atoms with E-state index in [1.54, 1.807) is 0 Å². The molecule has 2 heterocycles. The number of nitrogens with zero attached hydrogens (tertiary/aromatic N) is 1. The monoisotopic (exact) mass is 186 g/mol. The third kappa shape index (κ3) is 1.33. The number of amides is 1. The van der Waals surface area contributed by atoms with Gasteiger partial charge < -0.3 is 4.90 Å². The molecule has 12 heavy (non-hydrogen) atoms. The quantitative estimate of drug-likeness (QED) is 0.638. The van der Waals surface area contributed by atoms with Gasteiger partial charge in [0.1, 0.15) is 0 Å². The zero-order valence-corrected chi connectivity index (χ0v) is 8.06. The SMILES string of the molecule is CC1NCN(C2CCSC2)C1=O. The molecule has 0 bridgehead atoms. The Kier molecular flexibility index (Phi) is 2.28. The van der Waals surface area contributed by atoms with Gasteiger partial charge in [0.2, 0.25) is 5.91 Å². The lowest BCUT2D eigenvalue weighted by atomic mass is 10.2. The number of carbonyl (C=O) groups is 1. The van der Waals surface area contributed by atoms with Gasteiger partial charge in [0.25, 0.3) is 0 Å². The predicted octanol–water partition coefficient (Wildman–Crippen LogP) is 0.270. The molecular weight excluding hydrogens is 172 g/mol. The summed E-state index contributed by atoms with van der Waals surface area (Å²) >= 11 is 1.95. The van der Waals surface area contributed by atoms with Crippen LogP contribution < -0.4 is 5.32 Å². The van der Waals surface area contributed by atoms with Crippen molar-refractivity contribution in [2.24, 2.45) is 0 Å².